The van der Waals surface area contributed by atoms with Gasteiger partial charge in [-0.25, -0.2) is 4.90 Å². The second-order valence-corrected chi connectivity index (χ2v) is 9.16. The van der Waals surface area contributed by atoms with Gasteiger partial charge in [0.2, 0.25) is 11.8 Å². The van der Waals surface area contributed by atoms with Crippen LogP contribution in [0.3, 0.4) is 0 Å². The molecule has 1 aliphatic heterocycles. The highest BCUT2D eigenvalue weighted by atomic mass is 16.5. The molecule has 1 saturated carbocycles. The number of hydrogen-bond donors (Lipinski definition) is 0. The lowest BCUT2D eigenvalue weighted by molar-refractivity contribution is -0.143. The Morgan fingerprint density at radius 1 is 0.971 bits per heavy atom. The molecule has 7 heteroatoms. The van der Waals surface area contributed by atoms with Gasteiger partial charge in [-0.1, -0.05) is 49.1 Å². The van der Waals surface area contributed by atoms with Gasteiger partial charge in [0.25, 0.3) is 5.91 Å². The topological polar surface area (TPSA) is 84.0 Å². The number of esters is 1. The number of aryl methyl sites for hydroxylation is 1. The molecular weight excluding hydrogens is 432 g/mol. The van der Waals surface area contributed by atoms with E-state index in [1.165, 1.54) is 6.92 Å². The number of ether oxygens (including phenoxy) is 1. The van der Waals surface area contributed by atoms with Crippen molar-refractivity contribution in [2.45, 2.75) is 65.0 Å². The monoisotopic (exact) mass is 462 g/mol. The maximum absolute atomic E-state index is 13.6. The van der Waals surface area contributed by atoms with Gasteiger partial charge in [-0.05, 0) is 49.6 Å². The molecule has 1 unspecified atom stereocenters. The number of nitrogens with zero attached hydrogens (tertiary/aromatic N) is 2. The van der Waals surface area contributed by atoms with Gasteiger partial charge in [0.15, 0.2) is 0 Å². The van der Waals surface area contributed by atoms with Crippen LogP contribution >= 0.6 is 0 Å². The lowest BCUT2D eigenvalue weighted by Gasteiger charge is -2.32. The molecule has 4 rings (SSSR count). The van der Waals surface area contributed by atoms with E-state index in [1.807, 2.05) is 31.2 Å². The van der Waals surface area contributed by atoms with Crippen molar-refractivity contribution >= 4 is 29.4 Å². The summed E-state index contributed by atoms with van der Waals surface area (Å²) in [4.78, 5) is 53.9. The van der Waals surface area contributed by atoms with Gasteiger partial charge in [-0.2, -0.15) is 0 Å². The van der Waals surface area contributed by atoms with Crippen LogP contribution in [0.2, 0.25) is 0 Å². The van der Waals surface area contributed by atoms with Crippen molar-refractivity contribution in [3.63, 3.8) is 0 Å². The molecule has 2 aromatic carbocycles. The van der Waals surface area contributed by atoms with Crippen molar-refractivity contribution in [3.8, 4) is 5.75 Å². The maximum atomic E-state index is 13.6. The molecule has 178 valence electrons. The first-order chi connectivity index (χ1) is 16.3. The van der Waals surface area contributed by atoms with E-state index in [0.29, 0.717) is 18.0 Å². The zero-order valence-electron chi connectivity index (χ0n) is 19.7. The molecule has 0 radical (unpaired) electrons. The Hall–Kier alpha value is -3.48. The Labute approximate surface area is 199 Å². The zero-order chi connectivity index (χ0) is 24.2. The van der Waals surface area contributed by atoms with Gasteiger partial charge in [0.1, 0.15) is 11.8 Å². The summed E-state index contributed by atoms with van der Waals surface area (Å²) in [6.07, 6.45) is 4.73. The molecular formula is C27H30N2O5. The van der Waals surface area contributed by atoms with Crippen molar-refractivity contribution in [2.24, 2.45) is 5.92 Å². The summed E-state index contributed by atoms with van der Waals surface area (Å²) in [5, 5.41) is 0. The molecule has 1 atom stereocenters. The van der Waals surface area contributed by atoms with Crippen molar-refractivity contribution < 1.29 is 23.9 Å². The highest BCUT2D eigenvalue weighted by Gasteiger charge is 2.45. The smallest absolute Gasteiger partial charge is 0.308 e. The van der Waals surface area contributed by atoms with Gasteiger partial charge in [0.05, 0.1) is 12.1 Å². The quantitative estimate of drug-likeness (QED) is 0.366. The third-order valence-corrected chi connectivity index (χ3v) is 6.57. The minimum absolute atomic E-state index is 0.0431. The van der Waals surface area contributed by atoms with Crippen LogP contribution in [0.4, 0.5) is 5.69 Å². The minimum atomic E-state index is -0.837. The van der Waals surface area contributed by atoms with Gasteiger partial charge >= 0.3 is 5.97 Å². The lowest BCUT2D eigenvalue weighted by Crippen LogP contribution is -2.47. The van der Waals surface area contributed by atoms with E-state index in [0.717, 1.165) is 48.1 Å². The first-order valence-corrected chi connectivity index (χ1v) is 11.8. The number of carbonyl (C=O) groups excluding carboxylic acids is 4. The average Bonchev–Trinajstić information content (AvgIpc) is 3.12. The summed E-state index contributed by atoms with van der Waals surface area (Å²) in [6.45, 7) is 3.59. The highest BCUT2D eigenvalue weighted by Crippen LogP contribution is 2.32. The maximum Gasteiger partial charge on any atom is 0.308 e. The Bertz CT molecular complexity index is 1070. The molecule has 1 saturated heterocycles. The molecule has 2 aromatic rings. The number of imide groups is 1. The third-order valence-electron chi connectivity index (χ3n) is 6.57. The van der Waals surface area contributed by atoms with E-state index in [-0.39, 0.29) is 24.2 Å². The lowest BCUT2D eigenvalue weighted by atomic mass is 9.87. The Balaban J connectivity index is 1.59. The van der Waals surface area contributed by atoms with Gasteiger partial charge in [-0.3, -0.25) is 19.2 Å². The Morgan fingerprint density at radius 2 is 1.62 bits per heavy atom. The van der Waals surface area contributed by atoms with E-state index >= 15 is 0 Å². The predicted octanol–water partition coefficient (Wildman–Crippen LogP) is 4.16. The molecule has 3 amide bonds. The SMILES string of the molecule is CC(=O)Oc1ccc(N2C(=O)CC(N(Cc3ccc(C)cc3)C(=O)C3CCCCC3)C2=O)cc1. The molecule has 0 spiro atoms. The molecule has 0 N–H and O–H groups in total. The van der Waals surface area contributed by atoms with Crippen LogP contribution in [-0.2, 0) is 25.7 Å². The second-order valence-electron chi connectivity index (χ2n) is 9.16. The predicted molar refractivity (Wildman–Crippen MR) is 127 cm³/mol. The second kappa shape index (κ2) is 10.2. The summed E-state index contributed by atoms with van der Waals surface area (Å²) in [5.74, 6) is -1.02. The molecule has 2 fully saturated rings. The number of benzene rings is 2. The molecule has 0 bridgehead atoms. The highest BCUT2D eigenvalue weighted by molar-refractivity contribution is 6.23. The normalized spacial score (nSPS) is 18.8. The van der Waals surface area contributed by atoms with Crippen LogP contribution in [0.1, 0.15) is 56.6 Å². The van der Waals surface area contributed by atoms with Crippen LogP contribution in [0, 0.1) is 12.8 Å². The van der Waals surface area contributed by atoms with E-state index in [2.05, 4.69) is 0 Å². The van der Waals surface area contributed by atoms with Crippen molar-refractivity contribution in [2.75, 3.05) is 4.90 Å². The van der Waals surface area contributed by atoms with Gasteiger partial charge < -0.3 is 9.64 Å². The van der Waals surface area contributed by atoms with E-state index < -0.39 is 17.9 Å². The fourth-order valence-corrected chi connectivity index (χ4v) is 4.78. The first kappa shape index (κ1) is 23.7. The molecule has 1 heterocycles. The average molecular weight is 463 g/mol. The summed E-state index contributed by atoms with van der Waals surface area (Å²) in [6, 6.07) is 13.3. The minimum Gasteiger partial charge on any atom is -0.427 e. The number of amides is 3. The number of carbonyl (C=O) groups is 4. The van der Waals surface area contributed by atoms with Crippen molar-refractivity contribution in [1.82, 2.24) is 4.90 Å². The Morgan fingerprint density at radius 3 is 2.24 bits per heavy atom. The van der Waals surface area contributed by atoms with Crippen LogP contribution < -0.4 is 9.64 Å². The van der Waals surface area contributed by atoms with Gasteiger partial charge in [-0.15, -0.1) is 0 Å². The summed E-state index contributed by atoms with van der Waals surface area (Å²) >= 11 is 0. The Kier molecular flexibility index (Phi) is 7.10. The van der Waals surface area contributed by atoms with Crippen LogP contribution in [0.25, 0.3) is 0 Å². The van der Waals surface area contributed by atoms with Crippen molar-refractivity contribution in [3.05, 3.63) is 59.7 Å². The molecule has 7 nitrogen and oxygen atoms in total. The van der Waals surface area contributed by atoms with Crippen LogP contribution in [-0.4, -0.2) is 34.6 Å². The summed E-state index contributed by atoms with van der Waals surface area (Å²) in [5.41, 5.74) is 2.44. The van der Waals surface area contributed by atoms with Gasteiger partial charge in [0, 0.05) is 19.4 Å². The summed E-state index contributed by atoms with van der Waals surface area (Å²) in [7, 11) is 0. The molecule has 34 heavy (non-hydrogen) atoms. The first-order valence-electron chi connectivity index (χ1n) is 11.8. The zero-order valence-corrected chi connectivity index (χ0v) is 19.7. The van der Waals surface area contributed by atoms with E-state index in [4.69, 9.17) is 4.74 Å². The fourth-order valence-electron chi connectivity index (χ4n) is 4.78. The van der Waals surface area contributed by atoms with Crippen LogP contribution in [0.15, 0.2) is 48.5 Å². The molecule has 0 aromatic heterocycles. The standard InChI is InChI=1S/C27H30N2O5/c1-18-8-10-20(11-9-18)17-28(26(32)21-6-4-3-5-7-21)24-16-25(31)29(27(24)33)22-12-14-23(15-13-22)34-19(2)30/h8-15,21,24H,3-7,16-17H2,1-2H3. The van der Waals surface area contributed by atoms with Crippen LogP contribution in [0.5, 0.6) is 5.75 Å². The number of rotatable bonds is 6. The fraction of sp³-hybridized carbons (Fsp3) is 0.407. The molecule has 1 aliphatic carbocycles. The van der Waals surface area contributed by atoms with E-state index in [9.17, 15) is 19.2 Å². The van der Waals surface area contributed by atoms with Crippen molar-refractivity contribution in [1.29, 1.82) is 0 Å². The molecule has 2 aliphatic rings. The number of anilines is 1. The number of hydrogen-bond acceptors (Lipinski definition) is 5. The largest absolute Gasteiger partial charge is 0.427 e. The van der Waals surface area contributed by atoms with E-state index in [1.54, 1.807) is 29.2 Å². The third kappa shape index (κ3) is 5.19. The summed E-state index contributed by atoms with van der Waals surface area (Å²) < 4.78 is 5.04.